The van der Waals surface area contributed by atoms with Crippen molar-refractivity contribution in [3.8, 4) is 11.3 Å². The summed E-state index contributed by atoms with van der Waals surface area (Å²) >= 11 is 5.95. The number of carbonyl (C=O) groups excluding carboxylic acids is 1. The Balaban J connectivity index is 1.32. The topological polar surface area (TPSA) is 53.4 Å². The summed E-state index contributed by atoms with van der Waals surface area (Å²) in [6.07, 6.45) is 0. The lowest BCUT2D eigenvalue weighted by molar-refractivity contribution is -0.117. The molecule has 0 unspecified atom stereocenters. The molecule has 0 bridgehead atoms. The zero-order chi connectivity index (χ0) is 20.2. The number of para-hydroxylation sites is 1. The highest BCUT2D eigenvalue weighted by molar-refractivity contribution is 6.30. The van der Waals surface area contributed by atoms with Crippen molar-refractivity contribution in [2.24, 2.45) is 7.05 Å². The first-order valence-corrected chi connectivity index (χ1v) is 10.1. The molecule has 6 nitrogen and oxygen atoms in total. The van der Waals surface area contributed by atoms with E-state index >= 15 is 0 Å². The number of nitrogens with zero attached hydrogens (tertiary/aromatic N) is 4. The summed E-state index contributed by atoms with van der Waals surface area (Å²) in [5, 5.41) is 8.16. The summed E-state index contributed by atoms with van der Waals surface area (Å²) in [4.78, 5) is 17.1. The van der Waals surface area contributed by atoms with Crippen LogP contribution in [0, 0.1) is 0 Å². The third-order valence-electron chi connectivity index (χ3n) is 5.15. The van der Waals surface area contributed by atoms with Gasteiger partial charge in [-0.2, -0.15) is 5.10 Å². The quantitative estimate of drug-likeness (QED) is 0.700. The number of carbonyl (C=O) groups is 1. The second kappa shape index (κ2) is 8.68. The number of halogens is 1. The maximum absolute atomic E-state index is 12.5. The summed E-state index contributed by atoms with van der Waals surface area (Å²) in [5.41, 5.74) is 3.00. The van der Waals surface area contributed by atoms with Crippen molar-refractivity contribution in [3.63, 3.8) is 0 Å². The minimum absolute atomic E-state index is 0.0242. The van der Waals surface area contributed by atoms with E-state index in [0.29, 0.717) is 17.4 Å². The minimum atomic E-state index is -0.0242. The summed E-state index contributed by atoms with van der Waals surface area (Å²) in [6, 6.07) is 19.8. The van der Waals surface area contributed by atoms with Crippen molar-refractivity contribution in [2.45, 2.75) is 0 Å². The second-order valence-corrected chi connectivity index (χ2v) is 7.63. The number of aryl methyl sites for hydroxylation is 1. The Bertz CT molecular complexity index is 963. The Hall–Kier alpha value is -2.83. The predicted molar refractivity (Wildman–Crippen MR) is 117 cm³/mol. The van der Waals surface area contributed by atoms with Gasteiger partial charge in [0.05, 0.1) is 12.2 Å². The molecule has 0 aliphatic carbocycles. The van der Waals surface area contributed by atoms with Gasteiger partial charge in [-0.3, -0.25) is 14.4 Å². The molecule has 2 aromatic carbocycles. The number of piperazine rings is 1. The van der Waals surface area contributed by atoms with Crippen LogP contribution in [0.15, 0.2) is 60.7 Å². The highest BCUT2D eigenvalue weighted by Gasteiger charge is 2.20. The fraction of sp³-hybridized carbons (Fsp3) is 0.273. The van der Waals surface area contributed by atoms with Crippen molar-refractivity contribution in [1.82, 2.24) is 14.7 Å². The second-order valence-electron chi connectivity index (χ2n) is 7.19. The molecule has 1 fully saturated rings. The van der Waals surface area contributed by atoms with Crippen molar-refractivity contribution in [3.05, 3.63) is 65.7 Å². The molecule has 1 aliphatic rings. The van der Waals surface area contributed by atoms with Gasteiger partial charge in [0.25, 0.3) is 0 Å². The first-order chi connectivity index (χ1) is 14.1. The van der Waals surface area contributed by atoms with Crippen LogP contribution in [-0.2, 0) is 11.8 Å². The third kappa shape index (κ3) is 4.78. The fourth-order valence-electron chi connectivity index (χ4n) is 3.53. The molecule has 1 aliphatic heterocycles. The summed E-state index contributed by atoms with van der Waals surface area (Å²) in [5.74, 6) is 0.659. The number of benzene rings is 2. The molecule has 3 aromatic rings. The average Bonchev–Trinajstić information content (AvgIpc) is 3.10. The van der Waals surface area contributed by atoms with Crippen LogP contribution in [0.3, 0.4) is 0 Å². The van der Waals surface area contributed by atoms with Crippen LogP contribution in [0.4, 0.5) is 11.5 Å². The normalized spacial score (nSPS) is 14.8. The monoisotopic (exact) mass is 409 g/mol. The van der Waals surface area contributed by atoms with Crippen molar-refractivity contribution < 1.29 is 4.79 Å². The van der Waals surface area contributed by atoms with Gasteiger partial charge in [0.15, 0.2) is 0 Å². The smallest absolute Gasteiger partial charge is 0.239 e. The summed E-state index contributed by atoms with van der Waals surface area (Å²) in [6.45, 7) is 3.95. The molecule has 0 atom stereocenters. The van der Waals surface area contributed by atoms with E-state index in [-0.39, 0.29) is 5.91 Å². The first-order valence-electron chi connectivity index (χ1n) is 9.71. The van der Waals surface area contributed by atoms with Gasteiger partial charge in [-0.05, 0) is 24.3 Å². The van der Waals surface area contributed by atoms with Gasteiger partial charge in [-0.25, -0.2) is 0 Å². The highest BCUT2D eigenvalue weighted by atomic mass is 35.5. The maximum Gasteiger partial charge on any atom is 0.239 e. The van der Waals surface area contributed by atoms with E-state index < -0.39 is 0 Å². The Labute approximate surface area is 175 Å². The molecule has 2 heterocycles. The molecule has 0 spiro atoms. The lowest BCUT2D eigenvalue weighted by Gasteiger charge is -2.35. The van der Waals surface area contributed by atoms with E-state index in [2.05, 4.69) is 44.5 Å². The number of aromatic nitrogens is 2. The maximum atomic E-state index is 12.5. The lowest BCUT2D eigenvalue weighted by Crippen LogP contribution is -2.48. The number of amides is 1. The van der Waals surface area contributed by atoms with Crippen molar-refractivity contribution in [1.29, 1.82) is 0 Å². The first kappa shape index (κ1) is 19.5. The van der Waals surface area contributed by atoms with Gasteiger partial charge in [0, 0.05) is 55.6 Å². The van der Waals surface area contributed by atoms with Gasteiger partial charge in [-0.15, -0.1) is 0 Å². The number of rotatable bonds is 5. The van der Waals surface area contributed by atoms with Crippen LogP contribution >= 0.6 is 11.6 Å². The van der Waals surface area contributed by atoms with E-state index in [9.17, 15) is 4.79 Å². The number of anilines is 2. The molecule has 0 radical (unpaired) electrons. The van der Waals surface area contributed by atoms with E-state index in [1.165, 1.54) is 5.69 Å². The van der Waals surface area contributed by atoms with Crippen LogP contribution in [0.25, 0.3) is 11.3 Å². The molecule has 1 aromatic heterocycles. The zero-order valence-corrected chi connectivity index (χ0v) is 17.1. The molecule has 150 valence electrons. The Kier molecular flexibility index (Phi) is 5.83. The average molecular weight is 410 g/mol. The minimum Gasteiger partial charge on any atom is -0.369 e. The van der Waals surface area contributed by atoms with Gasteiger partial charge in [0.1, 0.15) is 5.82 Å². The molecular formula is C22H24ClN5O. The summed E-state index contributed by atoms with van der Waals surface area (Å²) < 4.78 is 1.69. The highest BCUT2D eigenvalue weighted by Crippen LogP contribution is 2.23. The summed E-state index contributed by atoms with van der Waals surface area (Å²) in [7, 11) is 1.83. The molecule has 1 amide bonds. The van der Waals surface area contributed by atoms with Crippen LogP contribution in [0.2, 0.25) is 5.02 Å². The Morgan fingerprint density at radius 3 is 2.41 bits per heavy atom. The molecule has 4 rings (SSSR count). The molecule has 29 heavy (non-hydrogen) atoms. The third-order valence-corrected chi connectivity index (χ3v) is 5.40. The number of nitrogens with one attached hydrogen (secondary N) is 1. The molecule has 1 saturated heterocycles. The number of hydrogen-bond donors (Lipinski definition) is 1. The van der Waals surface area contributed by atoms with E-state index in [4.69, 9.17) is 11.6 Å². The predicted octanol–water partition coefficient (Wildman–Crippen LogP) is 3.50. The van der Waals surface area contributed by atoms with Crippen molar-refractivity contribution >= 4 is 29.0 Å². The van der Waals surface area contributed by atoms with E-state index in [1.807, 2.05) is 43.4 Å². The van der Waals surface area contributed by atoms with E-state index in [0.717, 1.165) is 37.4 Å². The van der Waals surface area contributed by atoms with E-state index in [1.54, 1.807) is 4.68 Å². The van der Waals surface area contributed by atoms with Gasteiger partial charge < -0.3 is 10.2 Å². The molecule has 7 heteroatoms. The fourth-order valence-corrected chi connectivity index (χ4v) is 3.66. The van der Waals surface area contributed by atoms with Crippen LogP contribution in [0.1, 0.15) is 0 Å². The van der Waals surface area contributed by atoms with Gasteiger partial charge in [0.2, 0.25) is 5.91 Å². The molecule has 1 N–H and O–H groups in total. The number of hydrogen-bond acceptors (Lipinski definition) is 4. The Morgan fingerprint density at radius 1 is 1.03 bits per heavy atom. The van der Waals surface area contributed by atoms with Gasteiger partial charge >= 0.3 is 0 Å². The van der Waals surface area contributed by atoms with Gasteiger partial charge in [-0.1, -0.05) is 41.9 Å². The van der Waals surface area contributed by atoms with Crippen LogP contribution in [0.5, 0.6) is 0 Å². The lowest BCUT2D eigenvalue weighted by atomic mass is 10.1. The molecular weight excluding hydrogens is 386 g/mol. The zero-order valence-electron chi connectivity index (χ0n) is 16.4. The van der Waals surface area contributed by atoms with Crippen LogP contribution in [-0.4, -0.2) is 53.3 Å². The molecule has 0 saturated carbocycles. The van der Waals surface area contributed by atoms with Crippen LogP contribution < -0.4 is 10.2 Å². The SMILES string of the molecule is Cn1nc(-c2ccc(Cl)cc2)cc1NC(=O)CN1CCN(c2ccccc2)CC1. The Morgan fingerprint density at radius 2 is 1.72 bits per heavy atom. The largest absolute Gasteiger partial charge is 0.369 e. The van der Waals surface area contributed by atoms with Crippen molar-refractivity contribution in [2.75, 3.05) is 42.9 Å². The standard InChI is InChI=1S/C22H24ClN5O/c1-26-21(15-20(25-26)17-7-9-18(23)10-8-17)24-22(29)16-27-11-13-28(14-12-27)19-5-3-2-4-6-19/h2-10,15H,11-14,16H2,1H3,(H,24,29).